The van der Waals surface area contributed by atoms with Gasteiger partial charge in [0, 0.05) is 22.3 Å². The summed E-state index contributed by atoms with van der Waals surface area (Å²) in [6.07, 6.45) is 6.63. The van der Waals surface area contributed by atoms with E-state index in [9.17, 15) is 0 Å². The Labute approximate surface area is 383 Å². The van der Waals surface area contributed by atoms with Gasteiger partial charge in [-0.05, 0) is 100 Å². The molecule has 0 aliphatic heterocycles. The number of nitrogens with zero attached hydrogens (tertiary/aromatic N) is 3. The third kappa shape index (κ3) is 5.23. The molecular weight excluding hydrogens is 799 g/mol. The molecule has 10 aromatic carbocycles. The monoisotopic (exact) mass is 839 g/mol. The van der Waals surface area contributed by atoms with E-state index in [1.807, 2.05) is 36.4 Å². The Balaban J connectivity index is 1.21. The van der Waals surface area contributed by atoms with E-state index in [-0.39, 0.29) is 0 Å². The number of allylic oxidation sites excluding steroid dienone is 5. The van der Waals surface area contributed by atoms with Crippen molar-refractivity contribution in [2.75, 3.05) is 0 Å². The minimum Gasteiger partial charge on any atom is -0.208 e. The van der Waals surface area contributed by atoms with E-state index in [2.05, 4.69) is 196 Å². The van der Waals surface area contributed by atoms with Crippen molar-refractivity contribution in [2.45, 2.75) is 12.3 Å². The first-order chi connectivity index (χ1) is 32.7. The van der Waals surface area contributed by atoms with Gasteiger partial charge in [0.1, 0.15) is 0 Å². The molecule has 11 aromatic rings. The van der Waals surface area contributed by atoms with Gasteiger partial charge < -0.3 is 0 Å². The Morgan fingerprint density at radius 1 is 0.379 bits per heavy atom. The molecule has 13 rings (SSSR count). The van der Waals surface area contributed by atoms with Gasteiger partial charge in [-0.1, -0.05) is 225 Å². The summed E-state index contributed by atoms with van der Waals surface area (Å²) in [7, 11) is 0. The van der Waals surface area contributed by atoms with Crippen molar-refractivity contribution >= 4 is 48.7 Å². The minimum atomic E-state index is -0.668. The molecule has 1 aromatic heterocycles. The van der Waals surface area contributed by atoms with Gasteiger partial charge in [0.15, 0.2) is 17.5 Å². The fraction of sp³-hybridized carbons (Fsp3) is 0.0317. The maximum Gasteiger partial charge on any atom is 0.165 e. The quantitative estimate of drug-likeness (QED) is 0.157. The lowest BCUT2D eigenvalue weighted by atomic mass is 9.68. The molecular formula is C63H41N3. The van der Waals surface area contributed by atoms with Gasteiger partial charge in [0.25, 0.3) is 0 Å². The molecule has 0 saturated carbocycles. The second-order valence-corrected chi connectivity index (χ2v) is 17.3. The highest BCUT2D eigenvalue weighted by atomic mass is 15.0. The molecule has 0 bridgehead atoms. The smallest absolute Gasteiger partial charge is 0.165 e. The molecule has 308 valence electrons. The molecule has 0 N–H and O–H groups in total. The van der Waals surface area contributed by atoms with E-state index in [1.54, 1.807) is 0 Å². The number of fused-ring (bicyclic) bond motifs is 15. The van der Waals surface area contributed by atoms with Gasteiger partial charge in [-0.25, -0.2) is 15.0 Å². The second-order valence-electron chi connectivity index (χ2n) is 17.3. The van der Waals surface area contributed by atoms with E-state index in [4.69, 9.17) is 15.0 Å². The van der Waals surface area contributed by atoms with Crippen molar-refractivity contribution < 1.29 is 0 Å². The molecule has 0 saturated heterocycles. The van der Waals surface area contributed by atoms with Crippen LogP contribution < -0.4 is 0 Å². The first kappa shape index (κ1) is 38.0. The summed E-state index contributed by atoms with van der Waals surface area (Å²) in [5.74, 6) is 1.88. The SMILES string of the molecule is C=CC1=C(/C=C\C)c2c(-c3c(-c4nc(-c5ccccc5)nc(-c5ccccc5)n4)c4ccccc4c4ccccc34)cccc2C12c1ccccc1-c1c2c2ccccc2c2ccccc12. The zero-order chi connectivity index (χ0) is 43.9. The molecule has 0 radical (unpaired) electrons. The summed E-state index contributed by atoms with van der Waals surface area (Å²) in [5.41, 5.74) is 14.3. The van der Waals surface area contributed by atoms with Gasteiger partial charge in [0.05, 0.1) is 5.41 Å². The average molecular weight is 840 g/mol. The van der Waals surface area contributed by atoms with Crippen LogP contribution >= 0.6 is 0 Å². The number of benzene rings is 10. The normalized spacial score (nSPS) is 15.0. The van der Waals surface area contributed by atoms with E-state index >= 15 is 0 Å². The summed E-state index contributed by atoms with van der Waals surface area (Å²) >= 11 is 0. The summed E-state index contributed by atoms with van der Waals surface area (Å²) in [5, 5.41) is 9.56. The molecule has 0 amide bonds. The predicted octanol–water partition coefficient (Wildman–Crippen LogP) is 16.0. The summed E-state index contributed by atoms with van der Waals surface area (Å²) in [4.78, 5) is 16.1. The number of hydrogen-bond acceptors (Lipinski definition) is 3. The Bertz CT molecular complexity index is 3840. The van der Waals surface area contributed by atoms with E-state index in [0.29, 0.717) is 17.5 Å². The van der Waals surface area contributed by atoms with E-state index < -0.39 is 5.41 Å². The lowest BCUT2D eigenvalue weighted by Crippen LogP contribution is -2.27. The molecule has 3 nitrogen and oxygen atoms in total. The van der Waals surface area contributed by atoms with Crippen LogP contribution in [0.4, 0.5) is 0 Å². The largest absolute Gasteiger partial charge is 0.208 e. The van der Waals surface area contributed by atoms with Gasteiger partial charge in [-0.15, -0.1) is 0 Å². The van der Waals surface area contributed by atoms with E-state index in [1.165, 1.54) is 65.9 Å². The van der Waals surface area contributed by atoms with Crippen molar-refractivity contribution in [3.05, 3.63) is 253 Å². The predicted molar refractivity (Wildman–Crippen MR) is 275 cm³/mol. The van der Waals surface area contributed by atoms with Crippen molar-refractivity contribution in [1.82, 2.24) is 15.0 Å². The summed E-state index contributed by atoms with van der Waals surface area (Å²) < 4.78 is 0. The standard InChI is InChI=1S/C63H41N3/c1-3-22-49-52(4-2)63(53-37-20-19-35-50(53)57-46-32-16-12-29-43(46)44-30-14-18-34-48(44)59(57)63)54-38-21-36-51(55(49)54)56-45-31-15-11-27-41(45)42-28-13-17-33-47(42)58(56)62-65-60(39-23-7-5-8-24-39)64-61(66-62)40-25-9-6-10-26-40/h3-38H,2H2,1H3/b22-3-. The van der Waals surface area contributed by atoms with Crippen molar-refractivity contribution in [1.29, 1.82) is 0 Å². The van der Waals surface area contributed by atoms with Gasteiger partial charge in [0.2, 0.25) is 0 Å². The number of aromatic nitrogens is 3. The van der Waals surface area contributed by atoms with Crippen LogP contribution in [0.1, 0.15) is 29.2 Å². The molecule has 1 unspecified atom stereocenters. The van der Waals surface area contributed by atoms with Gasteiger partial charge in [-0.2, -0.15) is 0 Å². The minimum absolute atomic E-state index is 0.625. The van der Waals surface area contributed by atoms with Crippen LogP contribution in [0.3, 0.4) is 0 Å². The Morgan fingerprint density at radius 2 is 0.818 bits per heavy atom. The van der Waals surface area contributed by atoms with E-state index in [0.717, 1.165) is 49.5 Å². The lowest BCUT2D eigenvalue weighted by Gasteiger charge is -2.33. The van der Waals surface area contributed by atoms with Crippen molar-refractivity contribution in [3.8, 4) is 56.4 Å². The maximum absolute atomic E-state index is 5.45. The summed E-state index contributed by atoms with van der Waals surface area (Å²) in [6.45, 7) is 6.81. The number of rotatable bonds is 6. The zero-order valence-corrected chi connectivity index (χ0v) is 36.3. The molecule has 1 atom stereocenters. The van der Waals surface area contributed by atoms with Crippen LogP contribution in [0, 0.1) is 0 Å². The van der Waals surface area contributed by atoms with Crippen LogP contribution in [0.5, 0.6) is 0 Å². The zero-order valence-electron chi connectivity index (χ0n) is 36.3. The number of hydrogen-bond donors (Lipinski definition) is 0. The van der Waals surface area contributed by atoms with Gasteiger partial charge >= 0.3 is 0 Å². The summed E-state index contributed by atoms with van der Waals surface area (Å²) in [6, 6.07) is 72.1. The van der Waals surface area contributed by atoms with Gasteiger partial charge in [-0.3, -0.25) is 0 Å². The van der Waals surface area contributed by atoms with Crippen LogP contribution in [0.25, 0.3) is 105 Å². The maximum atomic E-state index is 5.45. The fourth-order valence-electron chi connectivity index (χ4n) is 11.6. The fourth-order valence-corrected chi connectivity index (χ4v) is 11.6. The molecule has 1 heterocycles. The second kappa shape index (κ2) is 14.8. The van der Waals surface area contributed by atoms with Crippen molar-refractivity contribution in [3.63, 3.8) is 0 Å². The Kier molecular flexibility index (Phi) is 8.50. The molecule has 1 spiro atoms. The highest BCUT2D eigenvalue weighted by Gasteiger charge is 2.53. The molecule has 2 aliphatic rings. The van der Waals surface area contributed by atoms with Crippen LogP contribution in [-0.4, -0.2) is 15.0 Å². The molecule has 66 heavy (non-hydrogen) atoms. The van der Waals surface area contributed by atoms with Crippen LogP contribution in [0.15, 0.2) is 231 Å². The first-order valence-electron chi connectivity index (χ1n) is 22.7. The third-order valence-corrected chi connectivity index (χ3v) is 14.0. The molecule has 2 aliphatic carbocycles. The Morgan fingerprint density at radius 3 is 1.39 bits per heavy atom. The topological polar surface area (TPSA) is 38.7 Å². The molecule has 0 fully saturated rings. The highest BCUT2D eigenvalue weighted by molar-refractivity contribution is 6.24. The average Bonchev–Trinajstić information content (AvgIpc) is 3.86. The van der Waals surface area contributed by atoms with Crippen LogP contribution in [0.2, 0.25) is 0 Å². The lowest BCUT2D eigenvalue weighted by molar-refractivity contribution is 0.795. The van der Waals surface area contributed by atoms with Crippen LogP contribution in [-0.2, 0) is 5.41 Å². The Hall–Kier alpha value is -8.53. The van der Waals surface area contributed by atoms with Crippen molar-refractivity contribution in [2.24, 2.45) is 0 Å². The third-order valence-electron chi connectivity index (χ3n) is 14.0. The molecule has 3 heteroatoms. The first-order valence-corrected chi connectivity index (χ1v) is 22.7. The highest BCUT2D eigenvalue weighted by Crippen LogP contribution is 2.66.